The van der Waals surface area contributed by atoms with E-state index in [0.29, 0.717) is 129 Å². The summed E-state index contributed by atoms with van der Waals surface area (Å²) in [7, 11) is 0. The minimum Gasteiger partial charge on any atom is -0.491 e. The minimum atomic E-state index is -0.515. The molecule has 20 nitrogen and oxygen atoms in total. The Morgan fingerprint density at radius 3 is 1.20 bits per heavy atom. The first-order chi connectivity index (χ1) is 32.1. The van der Waals surface area contributed by atoms with Gasteiger partial charge in [0.15, 0.2) is 0 Å². The van der Waals surface area contributed by atoms with Crippen LogP contribution in [0, 0.1) is 0 Å². The maximum absolute atomic E-state index is 14.8. The van der Waals surface area contributed by atoms with Crippen molar-refractivity contribution in [3.05, 3.63) is 48.0 Å². The van der Waals surface area contributed by atoms with Crippen LogP contribution in [-0.4, -0.2) is 230 Å². The van der Waals surface area contributed by atoms with Gasteiger partial charge in [-0.05, 0) is 24.3 Å². The lowest BCUT2D eigenvalue weighted by atomic mass is 10.1. The van der Waals surface area contributed by atoms with E-state index in [1.165, 1.54) is 4.90 Å². The molecule has 0 atom stereocenters. The van der Waals surface area contributed by atoms with E-state index in [-0.39, 0.29) is 56.0 Å². The molecule has 2 fully saturated rings. The summed E-state index contributed by atoms with van der Waals surface area (Å²) in [5.41, 5.74) is 0.186. The molecule has 6 N–H and O–H groups in total. The van der Waals surface area contributed by atoms with Gasteiger partial charge in [0.25, 0.3) is 5.91 Å². The highest BCUT2D eigenvalue weighted by Gasteiger charge is 2.29. The van der Waals surface area contributed by atoms with Gasteiger partial charge in [-0.1, -0.05) is 6.07 Å². The summed E-state index contributed by atoms with van der Waals surface area (Å²) in [6.07, 6.45) is 0. The number of benzene rings is 2. The van der Waals surface area contributed by atoms with E-state index in [9.17, 15) is 14.4 Å². The minimum absolute atomic E-state index is 0.110. The molecule has 0 spiro atoms. The number of carbonyl (C=O) groups excluding carboxylic acids is 3. The number of rotatable bonds is 5. The molecule has 0 aliphatic carbocycles. The van der Waals surface area contributed by atoms with E-state index >= 15 is 0 Å². The smallest absolute Gasteiger partial charge is 0.258 e. The van der Waals surface area contributed by atoms with Gasteiger partial charge in [0.1, 0.15) is 62.5 Å². The molecule has 4 bridgehead atoms. The third-order valence-corrected chi connectivity index (χ3v) is 10.5. The van der Waals surface area contributed by atoms with Gasteiger partial charge in [-0.25, -0.2) is 0 Å². The van der Waals surface area contributed by atoms with E-state index in [4.69, 9.17) is 37.9 Å². The van der Waals surface area contributed by atoms with Gasteiger partial charge >= 0.3 is 0 Å². The van der Waals surface area contributed by atoms with Gasteiger partial charge in [-0.15, -0.1) is 0 Å². The van der Waals surface area contributed by atoms with Crippen molar-refractivity contribution >= 4 is 17.7 Å². The molecule has 3 amide bonds. The van der Waals surface area contributed by atoms with Crippen LogP contribution < -0.4 is 50.8 Å². The van der Waals surface area contributed by atoms with Crippen molar-refractivity contribution in [3.63, 3.8) is 0 Å². The zero-order valence-electron chi connectivity index (χ0n) is 38.1. The summed E-state index contributed by atoms with van der Waals surface area (Å²) >= 11 is 0. The predicted octanol–water partition coefficient (Wildman–Crippen LogP) is -1.35. The van der Waals surface area contributed by atoms with Crippen molar-refractivity contribution in [1.29, 1.82) is 0 Å². The Labute approximate surface area is 383 Å². The summed E-state index contributed by atoms with van der Waals surface area (Å²) in [4.78, 5) is 48.0. The third-order valence-electron chi connectivity index (χ3n) is 10.5. The topological polar surface area (TPSA) is 207 Å². The van der Waals surface area contributed by atoms with Crippen LogP contribution in [0.5, 0.6) is 23.0 Å². The van der Waals surface area contributed by atoms with E-state index in [1.54, 1.807) is 28.0 Å². The molecular formula is C45H73N9O11. The lowest BCUT2D eigenvalue weighted by molar-refractivity contribution is -0.134. The van der Waals surface area contributed by atoms with Crippen LogP contribution in [0.1, 0.15) is 10.4 Å². The second-order valence-corrected chi connectivity index (χ2v) is 15.4. The van der Waals surface area contributed by atoms with Gasteiger partial charge in [0, 0.05) is 117 Å². The first-order valence-corrected chi connectivity index (χ1v) is 23.2. The van der Waals surface area contributed by atoms with Crippen LogP contribution in [0.2, 0.25) is 0 Å². The molecule has 0 aromatic heterocycles. The van der Waals surface area contributed by atoms with Crippen molar-refractivity contribution in [1.82, 2.24) is 46.6 Å². The Morgan fingerprint density at radius 2 is 0.785 bits per heavy atom. The number of amides is 3. The number of nitrogens with one attached hydrogen (secondary N) is 6. The standard InChI is InChI=1S/C45H73N9O11/c55-43(52-18-14-48-10-6-46-7-11-49-15-19-52)36-54(37-44(56)53-20-16-50-12-8-47-9-13-51-17-21-53)45(57)41-5-4-40-35-42(41)65-33-29-61-25-24-59-27-31-63-39-3-1-2-38(34-39)62-30-26-58-22-23-60-28-32-64-40/h1-5,34-35,46-51H,6-33,36-37H2. The summed E-state index contributed by atoms with van der Waals surface area (Å²) < 4.78 is 46.8. The lowest BCUT2D eigenvalue weighted by Crippen LogP contribution is -2.51. The van der Waals surface area contributed by atoms with Gasteiger partial charge in [0.2, 0.25) is 11.8 Å². The van der Waals surface area contributed by atoms with Crippen LogP contribution in [0.15, 0.2) is 42.5 Å². The molecule has 65 heavy (non-hydrogen) atoms. The molecule has 3 heterocycles. The number of nitrogens with zero attached hydrogens (tertiary/aromatic N) is 3. The first kappa shape index (κ1) is 51.6. The van der Waals surface area contributed by atoms with Gasteiger partial charge in [-0.2, -0.15) is 0 Å². The molecule has 3 aliphatic heterocycles. The van der Waals surface area contributed by atoms with Crippen molar-refractivity contribution < 1.29 is 52.3 Å². The predicted molar refractivity (Wildman–Crippen MR) is 244 cm³/mol. The summed E-state index contributed by atoms with van der Waals surface area (Å²) in [5, 5.41) is 20.3. The van der Waals surface area contributed by atoms with Crippen molar-refractivity contribution in [2.45, 2.75) is 0 Å². The number of hydrogen-bond donors (Lipinski definition) is 6. The molecule has 0 unspecified atom stereocenters. The van der Waals surface area contributed by atoms with Crippen LogP contribution in [0.3, 0.4) is 0 Å². The van der Waals surface area contributed by atoms with Crippen LogP contribution >= 0.6 is 0 Å². The maximum atomic E-state index is 14.8. The van der Waals surface area contributed by atoms with Crippen LogP contribution in [-0.2, 0) is 28.5 Å². The zero-order valence-corrected chi connectivity index (χ0v) is 38.1. The van der Waals surface area contributed by atoms with Gasteiger partial charge in [0.05, 0.1) is 58.4 Å². The Kier molecular flexibility index (Phi) is 25.7. The number of hydrogen-bond acceptors (Lipinski definition) is 17. The Bertz CT molecular complexity index is 1580. The monoisotopic (exact) mass is 916 g/mol. The summed E-state index contributed by atoms with van der Waals surface area (Å²) in [6.45, 7) is 13.7. The van der Waals surface area contributed by atoms with E-state index in [1.807, 2.05) is 24.3 Å². The largest absolute Gasteiger partial charge is 0.491 e. The van der Waals surface area contributed by atoms with Crippen LogP contribution in [0.25, 0.3) is 0 Å². The summed E-state index contributed by atoms with van der Waals surface area (Å²) in [5.74, 6) is 1.03. The molecule has 5 rings (SSSR count). The maximum Gasteiger partial charge on any atom is 0.258 e. The van der Waals surface area contributed by atoms with Gasteiger partial charge < -0.3 is 84.5 Å². The molecule has 364 valence electrons. The lowest BCUT2D eigenvalue weighted by Gasteiger charge is -2.31. The average molecular weight is 916 g/mol. The van der Waals surface area contributed by atoms with Crippen LogP contribution in [0.4, 0.5) is 0 Å². The van der Waals surface area contributed by atoms with E-state index in [0.717, 1.165) is 52.4 Å². The molecule has 0 radical (unpaired) electrons. The first-order valence-electron chi connectivity index (χ1n) is 23.2. The number of carbonyl (C=O) groups is 3. The molecular weight excluding hydrogens is 843 g/mol. The average Bonchev–Trinajstić information content (AvgIpc) is 3.30. The van der Waals surface area contributed by atoms with E-state index in [2.05, 4.69) is 31.9 Å². The fraction of sp³-hybridized carbons (Fsp3) is 0.667. The quantitative estimate of drug-likeness (QED) is 0.205. The number of ether oxygens (including phenoxy) is 8. The highest BCUT2D eigenvalue weighted by molar-refractivity contribution is 6.01. The Morgan fingerprint density at radius 1 is 0.431 bits per heavy atom. The zero-order chi connectivity index (χ0) is 45.4. The molecule has 20 heteroatoms. The SMILES string of the molecule is O=C(CN(CC(=O)N1CCNCCNCCNCC1)C(=O)c1ccc2cc1OCCOCCOCCOc1cccc(c1)OCCOCCOCCO2)N1CCNCCNCCNCC1. The molecule has 2 aromatic carbocycles. The third kappa shape index (κ3) is 21.2. The van der Waals surface area contributed by atoms with Crippen molar-refractivity contribution in [2.75, 3.05) is 197 Å². The normalized spacial score (nSPS) is 19.9. The summed E-state index contributed by atoms with van der Waals surface area (Å²) in [6, 6.07) is 12.4. The molecule has 2 saturated heterocycles. The molecule has 2 aromatic rings. The van der Waals surface area contributed by atoms with E-state index < -0.39 is 5.91 Å². The Balaban J connectivity index is 1.29. The molecule has 3 aliphatic rings. The van der Waals surface area contributed by atoms with Crippen molar-refractivity contribution in [3.8, 4) is 23.0 Å². The number of fused-ring (bicyclic) bond motifs is 4. The van der Waals surface area contributed by atoms with Crippen molar-refractivity contribution in [2.24, 2.45) is 0 Å². The Hall–Kier alpha value is -4.35. The van der Waals surface area contributed by atoms with Gasteiger partial charge in [-0.3, -0.25) is 14.4 Å². The highest BCUT2D eigenvalue weighted by Crippen LogP contribution is 2.27. The fourth-order valence-corrected chi connectivity index (χ4v) is 6.98. The molecule has 0 saturated carbocycles. The fourth-order valence-electron chi connectivity index (χ4n) is 6.98. The second-order valence-electron chi connectivity index (χ2n) is 15.4. The second kappa shape index (κ2) is 32.3. The highest BCUT2D eigenvalue weighted by atomic mass is 16.6.